The molecule has 1 atom stereocenters. The Morgan fingerprint density at radius 3 is 2.39 bits per heavy atom. The molecule has 1 fully saturated rings. The van der Waals surface area contributed by atoms with Crippen molar-refractivity contribution >= 4 is 53.9 Å². The van der Waals surface area contributed by atoms with E-state index in [4.69, 9.17) is 0 Å². The van der Waals surface area contributed by atoms with Crippen LogP contribution in [-0.4, -0.2) is 43.2 Å². The average Bonchev–Trinajstić information content (AvgIpc) is 3.30. The van der Waals surface area contributed by atoms with Gasteiger partial charge in [0.05, 0.1) is 6.17 Å². The second kappa shape index (κ2) is 9.92. The maximum atomic E-state index is 13.4. The molecule has 1 aliphatic heterocycles. The zero-order valence-electron chi connectivity index (χ0n) is 20.6. The molecule has 0 spiro atoms. The van der Waals surface area contributed by atoms with Gasteiger partial charge in [-0.3, -0.25) is 9.69 Å². The number of carbonyl (C=O) groups is 1. The van der Waals surface area contributed by atoms with Gasteiger partial charge in [0.2, 0.25) is 0 Å². The molecular weight excluding hydrogens is 462 g/mol. The lowest BCUT2D eigenvalue weighted by atomic mass is 10.1. The van der Waals surface area contributed by atoms with Crippen LogP contribution < -0.4 is 10.2 Å². The Balaban J connectivity index is 1.17. The Bertz CT molecular complexity index is 1530. The number of amides is 1. The van der Waals surface area contributed by atoms with E-state index < -0.39 is 0 Å². The first-order valence-electron chi connectivity index (χ1n) is 12.9. The van der Waals surface area contributed by atoms with Crippen molar-refractivity contribution in [1.82, 2.24) is 10.2 Å². The zero-order valence-corrected chi connectivity index (χ0v) is 21.4. The molecule has 4 nitrogen and oxygen atoms in total. The largest absolute Gasteiger partial charge is 0.368 e. The molecule has 6 rings (SSSR count). The van der Waals surface area contributed by atoms with Crippen LogP contribution in [0.15, 0.2) is 84.9 Å². The van der Waals surface area contributed by atoms with Gasteiger partial charge in [0.1, 0.15) is 0 Å². The Labute approximate surface area is 216 Å². The van der Waals surface area contributed by atoms with Crippen molar-refractivity contribution in [2.45, 2.75) is 25.9 Å². The molecule has 0 saturated carbocycles. The first-order chi connectivity index (χ1) is 17.7. The Hall–Kier alpha value is -3.41. The van der Waals surface area contributed by atoms with Gasteiger partial charge in [0, 0.05) is 63.0 Å². The van der Waals surface area contributed by atoms with E-state index in [1.807, 2.05) is 6.07 Å². The number of hydrogen-bond acceptors (Lipinski definition) is 4. The Morgan fingerprint density at radius 2 is 1.56 bits per heavy atom. The van der Waals surface area contributed by atoms with Crippen molar-refractivity contribution < 1.29 is 4.79 Å². The number of hydrogen-bond donors (Lipinski definition) is 1. The van der Waals surface area contributed by atoms with Crippen LogP contribution >= 0.6 is 11.3 Å². The quantitative estimate of drug-likeness (QED) is 0.280. The van der Waals surface area contributed by atoms with Crippen LogP contribution in [0, 0.1) is 0 Å². The highest BCUT2D eigenvalue weighted by molar-refractivity contribution is 7.25. The van der Waals surface area contributed by atoms with Crippen LogP contribution in [0.5, 0.6) is 0 Å². The summed E-state index contributed by atoms with van der Waals surface area (Å²) < 4.78 is 2.49. The molecule has 1 N–H and O–H groups in total. The molecule has 182 valence electrons. The van der Waals surface area contributed by atoms with Gasteiger partial charge in [-0.05, 0) is 42.1 Å². The third-order valence-electron chi connectivity index (χ3n) is 7.36. The average molecular weight is 494 g/mol. The van der Waals surface area contributed by atoms with E-state index in [2.05, 4.69) is 101 Å². The molecule has 0 radical (unpaired) electrons. The minimum absolute atomic E-state index is 0.0158. The van der Waals surface area contributed by atoms with Crippen LogP contribution in [0.4, 0.5) is 5.69 Å². The molecule has 1 aliphatic rings. The molecule has 1 unspecified atom stereocenters. The summed E-state index contributed by atoms with van der Waals surface area (Å²) in [4.78, 5) is 18.3. The highest BCUT2D eigenvalue weighted by atomic mass is 32.1. The standard InChI is InChI=1S/C31H31N3OS/c1-2-8-30(32-31(35)23-15-16-29-26(21-23)25-12-5-6-14-28(25)36-29)34-19-17-33(18-20-34)27-13-7-10-22-9-3-4-11-24(22)27/h3-7,9-16,21,30H,2,8,17-20H2,1H3,(H,32,35). The molecule has 4 aromatic carbocycles. The smallest absolute Gasteiger partial charge is 0.252 e. The predicted molar refractivity (Wildman–Crippen MR) is 153 cm³/mol. The number of thiophene rings is 1. The monoisotopic (exact) mass is 493 g/mol. The highest BCUT2D eigenvalue weighted by Crippen LogP contribution is 2.34. The number of nitrogens with one attached hydrogen (secondary N) is 1. The summed E-state index contributed by atoms with van der Waals surface area (Å²) in [6.07, 6.45) is 2.03. The fourth-order valence-electron chi connectivity index (χ4n) is 5.48. The zero-order chi connectivity index (χ0) is 24.5. The molecule has 1 amide bonds. The minimum Gasteiger partial charge on any atom is -0.368 e. The van der Waals surface area contributed by atoms with Gasteiger partial charge < -0.3 is 10.2 Å². The van der Waals surface area contributed by atoms with Crippen molar-refractivity contribution in [3.8, 4) is 0 Å². The normalized spacial score (nSPS) is 15.5. The summed E-state index contributed by atoms with van der Waals surface area (Å²) in [5.74, 6) is 0.0158. The topological polar surface area (TPSA) is 35.6 Å². The first-order valence-corrected chi connectivity index (χ1v) is 13.7. The van der Waals surface area contributed by atoms with Crippen LogP contribution in [0.2, 0.25) is 0 Å². The van der Waals surface area contributed by atoms with Crippen molar-refractivity contribution in [3.05, 3.63) is 90.5 Å². The second-order valence-electron chi connectivity index (χ2n) is 9.61. The number of fused-ring (bicyclic) bond motifs is 4. The number of carbonyl (C=O) groups excluding carboxylic acids is 1. The summed E-state index contributed by atoms with van der Waals surface area (Å²) in [7, 11) is 0. The van der Waals surface area contributed by atoms with Gasteiger partial charge in [-0.15, -0.1) is 11.3 Å². The third kappa shape index (κ3) is 4.34. The number of nitrogens with zero attached hydrogens (tertiary/aromatic N) is 2. The predicted octanol–water partition coefficient (Wildman–Crippen LogP) is 6.89. The molecule has 1 saturated heterocycles. The summed E-state index contributed by atoms with van der Waals surface area (Å²) in [6, 6.07) is 29.7. The van der Waals surface area contributed by atoms with Gasteiger partial charge in [-0.1, -0.05) is 67.9 Å². The number of benzene rings is 4. The number of piperazine rings is 1. The molecule has 0 aliphatic carbocycles. The first kappa shape index (κ1) is 23.0. The van der Waals surface area contributed by atoms with Crippen molar-refractivity contribution in [2.75, 3.05) is 31.1 Å². The lowest BCUT2D eigenvalue weighted by molar-refractivity contribution is 0.0824. The molecular formula is C31H31N3OS. The van der Waals surface area contributed by atoms with Crippen LogP contribution in [0.25, 0.3) is 30.9 Å². The Kier molecular flexibility index (Phi) is 6.34. The van der Waals surface area contributed by atoms with Gasteiger partial charge in [-0.2, -0.15) is 0 Å². The fourth-order valence-corrected chi connectivity index (χ4v) is 6.57. The van der Waals surface area contributed by atoms with Crippen molar-refractivity contribution in [2.24, 2.45) is 0 Å². The van der Waals surface area contributed by atoms with E-state index in [1.165, 1.54) is 36.6 Å². The van der Waals surface area contributed by atoms with Crippen molar-refractivity contribution in [3.63, 3.8) is 0 Å². The van der Waals surface area contributed by atoms with Gasteiger partial charge in [-0.25, -0.2) is 0 Å². The molecule has 2 heterocycles. The van der Waals surface area contributed by atoms with Crippen LogP contribution in [0.1, 0.15) is 30.1 Å². The van der Waals surface area contributed by atoms with E-state index in [0.29, 0.717) is 0 Å². The van der Waals surface area contributed by atoms with E-state index in [1.54, 1.807) is 11.3 Å². The molecule has 36 heavy (non-hydrogen) atoms. The summed E-state index contributed by atoms with van der Waals surface area (Å²) in [6.45, 7) is 5.97. The fraction of sp³-hybridized carbons (Fsp3) is 0.258. The summed E-state index contributed by atoms with van der Waals surface area (Å²) in [5, 5.41) is 8.34. The van der Waals surface area contributed by atoms with Gasteiger partial charge in [0.25, 0.3) is 5.91 Å². The molecule has 5 heteroatoms. The van der Waals surface area contributed by atoms with Crippen LogP contribution in [-0.2, 0) is 0 Å². The number of anilines is 1. The van der Waals surface area contributed by atoms with Gasteiger partial charge in [0.15, 0.2) is 0 Å². The lowest BCUT2D eigenvalue weighted by Gasteiger charge is -2.40. The highest BCUT2D eigenvalue weighted by Gasteiger charge is 2.26. The van der Waals surface area contributed by atoms with Crippen molar-refractivity contribution in [1.29, 1.82) is 0 Å². The lowest BCUT2D eigenvalue weighted by Crippen LogP contribution is -2.56. The van der Waals surface area contributed by atoms with Gasteiger partial charge >= 0.3 is 0 Å². The maximum absolute atomic E-state index is 13.4. The van der Waals surface area contributed by atoms with E-state index in [9.17, 15) is 4.79 Å². The minimum atomic E-state index is 0.0158. The summed E-state index contributed by atoms with van der Waals surface area (Å²) in [5.41, 5.74) is 2.04. The van der Waals surface area contributed by atoms with E-state index in [-0.39, 0.29) is 12.1 Å². The SMILES string of the molecule is CCCC(NC(=O)c1ccc2sc3ccccc3c2c1)N1CCN(c2cccc3ccccc23)CC1. The Morgan fingerprint density at radius 1 is 0.833 bits per heavy atom. The maximum Gasteiger partial charge on any atom is 0.252 e. The molecule has 5 aromatic rings. The van der Waals surface area contributed by atoms with Crippen LogP contribution in [0.3, 0.4) is 0 Å². The van der Waals surface area contributed by atoms with E-state index in [0.717, 1.165) is 44.6 Å². The summed E-state index contributed by atoms with van der Waals surface area (Å²) >= 11 is 1.78. The van der Waals surface area contributed by atoms with E-state index >= 15 is 0 Å². The molecule has 1 aromatic heterocycles. The molecule has 0 bridgehead atoms. The third-order valence-corrected chi connectivity index (χ3v) is 8.51. The second-order valence-corrected chi connectivity index (χ2v) is 10.7. The number of rotatable bonds is 6.